The molecule has 0 saturated carbocycles. The van der Waals surface area contributed by atoms with E-state index < -0.39 is 0 Å². The van der Waals surface area contributed by atoms with Gasteiger partial charge in [0.05, 0.1) is 5.75 Å². The Morgan fingerprint density at radius 3 is 2.87 bits per heavy atom. The van der Waals surface area contributed by atoms with E-state index in [-0.39, 0.29) is 5.92 Å². The predicted molar refractivity (Wildman–Crippen MR) is 66.6 cm³/mol. The van der Waals surface area contributed by atoms with E-state index in [2.05, 4.69) is 0 Å². The fourth-order valence-electron chi connectivity index (χ4n) is 1.08. The molecule has 3 heteroatoms. The number of carbonyl (C=O) groups excluding carboxylic acids is 1. The molecule has 0 aliphatic heterocycles. The van der Waals surface area contributed by atoms with Gasteiger partial charge in [-0.05, 0) is 24.6 Å². The minimum Gasteiger partial charge on any atom is -0.298 e. The second-order valence-corrected chi connectivity index (χ2v) is 5.01. The lowest BCUT2D eigenvalue weighted by molar-refractivity contribution is -0.119. The van der Waals surface area contributed by atoms with Crippen LogP contribution in [0.4, 0.5) is 0 Å². The highest BCUT2D eigenvalue weighted by Crippen LogP contribution is 2.22. The molecular weight excluding hydrogens is 228 g/mol. The lowest BCUT2D eigenvalue weighted by Gasteiger charge is -2.06. The van der Waals surface area contributed by atoms with Crippen LogP contribution >= 0.6 is 23.4 Å². The number of hydrogen-bond acceptors (Lipinski definition) is 2. The molecule has 0 heterocycles. The number of benzene rings is 1. The number of Topliss-reactive ketones (excluding diaryl/α,β-unsaturated/α-hetero) is 1. The summed E-state index contributed by atoms with van der Waals surface area (Å²) in [6, 6.07) is 7.59. The molecular formula is C12H15ClOS. The predicted octanol–water partition coefficient (Wildman–Crippen LogP) is 4.05. The average molecular weight is 243 g/mol. The van der Waals surface area contributed by atoms with Crippen molar-refractivity contribution in [3.63, 3.8) is 0 Å². The summed E-state index contributed by atoms with van der Waals surface area (Å²) in [4.78, 5) is 12.6. The SMILES string of the molecule is CCC(C)C(=O)CSc1cccc(Cl)c1. The summed E-state index contributed by atoms with van der Waals surface area (Å²) < 4.78 is 0. The Kier molecular flexibility index (Phi) is 5.20. The van der Waals surface area contributed by atoms with Crippen molar-refractivity contribution >= 4 is 29.1 Å². The zero-order chi connectivity index (χ0) is 11.3. The first-order valence-electron chi connectivity index (χ1n) is 5.04. The second kappa shape index (κ2) is 6.19. The lowest BCUT2D eigenvalue weighted by Crippen LogP contribution is -2.11. The Morgan fingerprint density at radius 2 is 2.27 bits per heavy atom. The van der Waals surface area contributed by atoms with E-state index in [4.69, 9.17) is 11.6 Å². The number of ketones is 1. The van der Waals surface area contributed by atoms with E-state index in [0.29, 0.717) is 11.5 Å². The molecule has 0 bridgehead atoms. The van der Waals surface area contributed by atoms with E-state index in [0.717, 1.165) is 16.3 Å². The van der Waals surface area contributed by atoms with Crippen LogP contribution < -0.4 is 0 Å². The molecule has 0 aromatic heterocycles. The Balaban J connectivity index is 2.47. The van der Waals surface area contributed by atoms with Gasteiger partial charge in [-0.25, -0.2) is 0 Å². The van der Waals surface area contributed by atoms with Crippen LogP contribution in [0.15, 0.2) is 29.2 Å². The molecule has 0 aliphatic rings. The summed E-state index contributed by atoms with van der Waals surface area (Å²) in [5.74, 6) is 1.01. The first kappa shape index (κ1) is 12.6. The lowest BCUT2D eigenvalue weighted by atomic mass is 10.1. The van der Waals surface area contributed by atoms with Gasteiger partial charge < -0.3 is 0 Å². The summed E-state index contributed by atoms with van der Waals surface area (Å²) in [5, 5.41) is 0.719. The van der Waals surface area contributed by atoms with Crippen LogP contribution in [-0.2, 0) is 4.79 Å². The van der Waals surface area contributed by atoms with Crippen LogP contribution in [-0.4, -0.2) is 11.5 Å². The number of halogens is 1. The molecule has 82 valence electrons. The van der Waals surface area contributed by atoms with E-state index >= 15 is 0 Å². The molecule has 1 atom stereocenters. The highest BCUT2D eigenvalue weighted by atomic mass is 35.5. The van der Waals surface area contributed by atoms with Crippen molar-refractivity contribution in [1.82, 2.24) is 0 Å². The molecule has 0 fully saturated rings. The van der Waals surface area contributed by atoms with Gasteiger partial charge in [0.25, 0.3) is 0 Å². The Morgan fingerprint density at radius 1 is 1.53 bits per heavy atom. The molecule has 1 aromatic rings. The first-order valence-corrected chi connectivity index (χ1v) is 6.41. The maximum atomic E-state index is 11.6. The highest BCUT2D eigenvalue weighted by molar-refractivity contribution is 8.00. The molecule has 1 rings (SSSR count). The van der Waals surface area contributed by atoms with E-state index in [1.54, 1.807) is 11.8 Å². The maximum absolute atomic E-state index is 11.6. The third-order valence-corrected chi connectivity index (χ3v) is 3.59. The summed E-state index contributed by atoms with van der Waals surface area (Å²) in [6.07, 6.45) is 0.912. The smallest absolute Gasteiger partial charge is 0.145 e. The molecule has 0 saturated heterocycles. The van der Waals surface area contributed by atoms with Gasteiger partial charge in [-0.2, -0.15) is 0 Å². The summed E-state index contributed by atoms with van der Waals surface area (Å²) in [7, 11) is 0. The highest BCUT2D eigenvalue weighted by Gasteiger charge is 2.10. The maximum Gasteiger partial charge on any atom is 0.145 e. The molecule has 1 nitrogen and oxygen atoms in total. The first-order chi connectivity index (χ1) is 7.13. The molecule has 15 heavy (non-hydrogen) atoms. The van der Waals surface area contributed by atoms with Gasteiger partial charge in [-0.1, -0.05) is 31.5 Å². The van der Waals surface area contributed by atoms with Crippen molar-refractivity contribution in [3.05, 3.63) is 29.3 Å². The number of rotatable bonds is 5. The van der Waals surface area contributed by atoms with Gasteiger partial charge in [-0.3, -0.25) is 4.79 Å². The van der Waals surface area contributed by atoms with Gasteiger partial charge in [-0.15, -0.1) is 11.8 Å². The summed E-state index contributed by atoms with van der Waals surface area (Å²) in [6.45, 7) is 4.01. The summed E-state index contributed by atoms with van der Waals surface area (Å²) in [5.41, 5.74) is 0. The molecule has 0 spiro atoms. The molecule has 0 radical (unpaired) electrons. The summed E-state index contributed by atoms with van der Waals surface area (Å²) >= 11 is 7.40. The van der Waals surface area contributed by atoms with E-state index in [1.807, 2.05) is 38.1 Å². The standard InChI is InChI=1S/C12H15ClOS/c1-3-9(2)12(14)8-15-11-6-4-5-10(13)7-11/h4-7,9H,3,8H2,1-2H3. The van der Waals surface area contributed by atoms with Crippen molar-refractivity contribution in [1.29, 1.82) is 0 Å². The number of thioether (sulfide) groups is 1. The fraction of sp³-hybridized carbons (Fsp3) is 0.417. The Labute approximate surface area is 100 Å². The zero-order valence-electron chi connectivity index (χ0n) is 9.00. The Hall–Kier alpha value is -0.470. The molecule has 0 amide bonds. The second-order valence-electron chi connectivity index (χ2n) is 3.52. The van der Waals surface area contributed by atoms with Gasteiger partial charge in [0.15, 0.2) is 0 Å². The number of carbonyl (C=O) groups is 1. The largest absolute Gasteiger partial charge is 0.298 e. The van der Waals surface area contributed by atoms with Crippen LogP contribution in [0.5, 0.6) is 0 Å². The molecule has 0 aliphatic carbocycles. The van der Waals surface area contributed by atoms with E-state index in [9.17, 15) is 4.79 Å². The van der Waals surface area contributed by atoms with E-state index in [1.165, 1.54) is 0 Å². The van der Waals surface area contributed by atoms with Crippen LogP contribution in [0.3, 0.4) is 0 Å². The quantitative estimate of drug-likeness (QED) is 0.725. The normalized spacial score (nSPS) is 12.5. The van der Waals surface area contributed by atoms with Gasteiger partial charge >= 0.3 is 0 Å². The third kappa shape index (κ3) is 4.27. The van der Waals surface area contributed by atoms with Crippen LogP contribution in [0, 0.1) is 5.92 Å². The Bertz CT molecular complexity index is 338. The van der Waals surface area contributed by atoms with Gasteiger partial charge in [0, 0.05) is 15.8 Å². The van der Waals surface area contributed by atoms with Crippen LogP contribution in [0.25, 0.3) is 0 Å². The molecule has 1 unspecified atom stereocenters. The zero-order valence-corrected chi connectivity index (χ0v) is 10.6. The fourth-order valence-corrected chi connectivity index (χ4v) is 2.31. The van der Waals surface area contributed by atoms with Crippen molar-refractivity contribution < 1.29 is 4.79 Å². The van der Waals surface area contributed by atoms with Crippen LogP contribution in [0.1, 0.15) is 20.3 Å². The molecule has 1 aromatic carbocycles. The van der Waals surface area contributed by atoms with Crippen molar-refractivity contribution in [2.45, 2.75) is 25.2 Å². The van der Waals surface area contributed by atoms with Gasteiger partial charge in [0.2, 0.25) is 0 Å². The van der Waals surface area contributed by atoms with Crippen molar-refractivity contribution in [3.8, 4) is 0 Å². The van der Waals surface area contributed by atoms with Crippen molar-refractivity contribution in [2.75, 3.05) is 5.75 Å². The van der Waals surface area contributed by atoms with Gasteiger partial charge in [0.1, 0.15) is 5.78 Å². The number of hydrogen-bond donors (Lipinski definition) is 0. The third-order valence-electron chi connectivity index (χ3n) is 2.34. The minimum atomic E-state index is 0.164. The topological polar surface area (TPSA) is 17.1 Å². The molecule has 0 N–H and O–H groups in total. The van der Waals surface area contributed by atoms with Crippen LogP contribution in [0.2, 0.25) is 5.02 Å². The monoisotopic (exact) mass is 242 g/mol. The average Bonchev–Trinajstić information content (AvgIpc) is 2.25. The minimum absolute atomic E-state index is 0.164. The van der Waals surface area contributed by atoms with Crippen molar-refractivity contribution in [2.24, 2.45) is 5.92 Å².